The molecule has 3 N–H and O–H groups in total. The summed E-state index contributed by atoms with van der Waals surface area (Å²) >= 11 is 0. The SMILES string of the molecule is COc1ccc(CN2CCCCC2CNC(=O)CCN)cc1[N+](=O)[O-]. The predicted molar refractivity (Wildman–Crippen MR) is 94.4 cm³/mol. The molecule has 0 aliphatic carbocycles. The average Bonchev–Trinajstić information content (AvgIpc) is 2.61. The number of methoxy groups -OCH3 is 1. The first-order valence-electron chi connectivity index (χ1n) is 8.57. The van der Waals surface area contributed by atoms with Crippen LogP contribution in [-0.4, -0.2) is 48.5 Å². The van der Waals surface area contributed by atoms with Crippen LogP contribution in [0.2, 0.25) is 0 Å². The lowest BCUT2D eigenvalue weighted by molar-refractivity contribution is -0.385. The number of likely N-dealkylation sites (tertiary alicyclic amines) is 1. The Hall–Kier alpha value is -2.19. The molecule has 1 saturated heterocycles. The van der Waals surface area contributed by atoms with Gasteiger partial charge in [-0.05, 0) is 31.0 Å². The van der Waals surface area contributed by atoms with E-state index in [1.165, 1.54) is 7.11 Å². The number of nitrogens with two attached hydrogens (primary N) is 1. The molecule has 0 bridgehead atoms. The van der Waals surface area contributed by atoms with Crippen LogP contribution in [0.25, 0.3) is 0 Å². The maximum Gasteiger partial charge on any atom is 0.311 e. The summed E-state index contributed by atoms with van der Waals surface area (Å²) in [4.78, 5) is 24.7. The van der Waals surface area contributed by atoms with E-state index in [2.05, 4.69) is 10.2 Å². The normalized spacial score (nSPS) is 17.9. The summed E-state index contributed by atoms with van der Waals surface area (Å²) < 4.78 is 5.05. The van der Waals surface area contributed by atoms with E-state index in [4.69, 9.17) is 10.5 Å². The third kappa shape index (κ3) is 5.40. The highest BCUT2D eigenvalue weighted by Crippen LogP contribution is 2.29. The molecule has 1 fully saturated rings. The predicted octanol–water partition coefficient (Wildman–Crippen LogP) is 1.42. The van der Waals surface area contributed by atoms with Crippen molar-refractivity contribution in [1.82, 2.24) is 10.2 Å². The number of nitro groups is 1. The van der Waals surface area contributed by atoms with Gasteiger partial charge in [0.15, 0.2) is 5.75 Å². The van der Waals surface area contributed by atoms with Gasteiger partial charge in [0.05, 0.1) is 12.0 Å². The zero-order chi connectivity index (χ0) is 18.2. The highest BCUT2D eigenvalue weighted by Gasteiger charge is 2.24. The number of nitro benzene ring substituents is 1. The molecule has 1 atom stereocenters. The molecule has 1 unspecified atom stereocenters. The minimum Gasteiger partial charge on any atom is -0.490 e. The first kappa shape index (κ1) is 19.1. The van der Waals surface area contributed by atoms with Crippen molar-refractivity contribution in [3.63, 3.8) is 0 Å². The maximum absolute atomic E-state index is 11.6. The van der Waals surface area contributed by atoms with Crippen LogP contribution >= 0.6 is 0 Å². The Labute approximate surface area is 147 Å². The Balaban J connectivity index is 2.04. The van der Waals surface area contributed by atoms with Crippen LogP contribution in [0.4, 0.5) is 5.69 Å². The molecule has 0 radical (unpaired) electrons. The minimum atomic E-state index is -0.428. The second-order valence-electron chi connectivity index (χ2n) is 6.23. The van der Waals surface area contributed by atoms with Gasteiger partial charge in [0.2, 0.25) is 5.91 Å². The molecular formula is C17H26N4O4. The van der Waals surface area contributed by atoms with E-state index in [-0.39, 0.29) is 23.4 Å². The van der Waals surface area contributed by atoms with Crippen molar-refractivity contribution in [3.05, 3.63) is 33.9 Å². The number of hydrogen-bond donors (Lipinski definition) is 2. The summed E-state index contributed by atoms with van der Waals surface area (Å²) in [6.45, 7) is 2.45. The maximum atomic E-state index is 11.6. The third-order valence-corrected chi connectivity index (χ3v) is 4.48. The number of ether oxygens (including phenoxy) is 1. The van der Waals surface area contributed by atoms with E-state index in [9.17, 15) is 14.9 Å². The topological polar surface area (TPSA) is 111 Å². The van der Waals surface area contributed by atoms with E-state index >= 15 is 0 Å². The Bertz CT molecular complexity index is 608. The largest absolute Gasteiger partial charge is 0.490 e. The zero-order valence-electron chi connectivity index (χ0n) is 14.6. The fraction of sp³-hybridized carbons (Fsp3) is 0.588. The van der Waals surface area contributed by atoms with Gasteiger partial charge in [-0.15, -0.1) is 0 Å². The lowest BCUT2D eigenvalue weighted by Gasteiger charge is -2.35. The van der Waals surface area contributed by atoms with Crippen LogP contribution in [0.15, 0.2) is 18.2 Å². The van der Waals surface area contributed by atoms with E-state index in [0.717, 1.165) is 31.4 Å². The van der Waals surface area contributed by atoms with Gasteiger partial charge in [0, 0.05) is 38.2 Å². The molecule has 1 heterocycles. The first-order valence-corrected chi connectivity index (χ1v) is 8.57. The van der Waals surface area contributed by atoms with Gasteiger partial charge in [-0.1, -0.05) is 12.5 Å². The molecule has 0 aromatic heterocycles. The van der Waals surface area contributed by atoms with Gasteiger partial charge in [0.1, 0.15) is 0 Å². The molecule has 8 nitrogen and oxygen atoms in total. The van der Waals surface area contributed by atoms with E-state index in [1.807, 2.05) is 6.07 Å². The highest BCUT2D eigenvalue weighted by atomic mass is 16.6. The number of rotatable bonds is 8. The quantitative estimate of drug-likeness (QED) is 0.542. The van der Waals surface area contributed by atoms with E-state index < -0.39 is 4.92 Å². The molecule has 1 aliphatic rings. The fourth-order valence-electron chi connectivity index (χ4n) is 3.16. The first-order chi connectivity index (χ1) is 12.0. The van der Waals surface area contributed by atoms with Gasteiger partial charge in [-0.25, -0.2) is 0 Å². The highest BCUT2D eigenvalue weighted by molar-refractivity contribution is 5.76. The molecular weight excluding hydrogens is 324 g/mol. The number of piperidine rings is 1. The van der Waals surface area contributed by atoms with Crippen LogP contribution in [0.1, 0.15) is 31.2 Å². The zero-order valence-corrected chi connectivity index (χ0v) is 14.6. The number of carbonyl (C=O) groups is 1. The molecule has 8 heteroatoms. The number of amides is 1. The summed E-state index contributed by atoms with van der Waals surface area (Å²) in [5, 5.41) is 14.1. The molecule has 1 aromatic carbocycles. The van der Waals surface area contributed by atoms with Crippen LogP contribution in [0, 0.1) is 10.1 Å². The summed E-state index contributed by atoms with van der Waals surface area (Å²) in [5.41, 5.74) is 6.24. The van der Waals surface area contributed by atoms with Crippen LogP contribution in [0.5, 0.6) is 5.75 Å². The molecule has 0 spiro atoms. The Kier molecular flexibility index (Phi) is 7.15. The summed E-state index contributed by atoms with van der Waals surface area (Å²) in [6, 6.07) is 5.29. The van der Waals surface area contributed by atoms with Crippen molar-refractivity contribution in [2.45, 2.75) is 38.3 Å². The van der Waals surface area contributed by atoms with Gasteiger partial charge in [-0.2, -0.15) is 0 Å². The number of carbonyl (C=O) groups excluding carboxylic acids is 1. The molecule has 1 aromatic rings. The van der Waals surface area contributed by atoms with Crippen LogP contribution in [-0.2, 0) is 11.3 Å². The molecule has 0 saturated carbocycles. The summed E-state index contributed by atoms with van der Waals surface area (Å²) in [7, 11) is 1.42. The number of nitrogens with zero attached hydrogens (tertiary/aromatic N) is 2. The van der Waals surface area contributed by atoms with E-state index in [0.29, 0.717) is 26.1 Å². The molecule has 2 rings (SSSR count). The average molecular weight is 350 g/mol. The molecule has 25 heavy (non-hydrogen) atoms. The Morgan fingerprint density at radius 1 is 1.48 bits per heavy atom. The van der Waals surface area contributed by atoms with Crippen molar-refractivity contribution in [2.75, 3.05) is 26.7 Å². The lowest BCUT2D eigenvalue weighted by atomic mass is 10.0. The Morgan fingerprint density at radius 3 is 2.96 bits per heavy atom. The number of hydrogen-bond acceptors (Lipinski definition) is 6. The summed E-state index contributed by atoms with van der Waals surface area (Å²) in [5.74, 6) is 0.228. The van der Waals surface area contributed by atoms with Crippen molar-refractivity contribution in [3.8, 4) is 5.75 Å². The smallest absolute Gasteiger partial charge is 0.311 e. The van der Waals surface area contributed by atoms with Gasteiger partial charge in [0.25, 0.3) is 0 Å². The van der Waals surface area contributed by atoms with Crippen molar-refractivity contribution >= 4 is 11.6 Å². The fourth-order valence-corrected chi connectivity index (χ4v) is 3.16. The minimum absolute atomic E-state index is 0.0233. The molecule has 1 aliphatic heterocycles. The second-order valence-corrected chi connectivity index (χ2v) is 6.23. The van der Waals surface area contributed by atoms with Crippen molar-refractivity contribution < 1.29 is 14.5 Å². The Morgan fingerprint density at radius 2 is 2.28 bits per heavy atom. The summed E-state index contributed by atoms with van der Waals surface area (Å²) in [6.07, 6.45) is 3.54. The van der Waals surface area contributed by atoms with Crippen LogP contribution in [0.3, 0.4) is 0 Å². The molecule has 138 valence electrons. The molecule has 1 amide bonds. The second kappa shape index (κ2) is 9.33. The van der Waals surface area contributed by atoms with Crippen LogP contribution < -0.4 is 15.8 Å². The number of nitrogens with one attached hydrogen (secondary N) is 1. The van der Waals surface area contributed by atoms with Crippen molar-refractivity contribution in [2.24, 2.45) is 5.73 Å². The van der Waals surface area contributed by atoms with Gasteiger partial charge >= 0.3 is 5.69 Å². The lowest BCUT2D eigenvalue weighted by Crippen LogP contribution is -2.46. The van der Waals surface area contributed by atoms with Crippen molar-refractivity contribution in [1.29, 1.82) is 0 Å². The third-order valence-electron chi connectivity index (χ3n) is 4.48. The van der Waals surface area contributed by atoms with E-state index in [1.54, 1.807) is 12.1 Å². The van der Waals surface area contributed by atoms with Gasteiger partial charge < -0.3 is 15.8 Å². The van der Waals surface area contributed by atoms with Gasteiger partial charge in [-0.3, -0.25) is 19.8 Å². The standard InChI is InChI=1S/C17H26N4O4/c1-25-16-6-5-13(10-15(16)21(23)24)12-20-9-3-2-4-14(20)11-19-17(22)7-8-18/h5-6,10,14H,2-4,7-9,11-12,18H2,1H3,(H,19,22). The number of benzene rings is 1. The monoisotopic (exact) mass is 350 g/mol.